The number of halogens is 3. The minimum atomic E-state index is -2.88. The molecule has 2 saturated heterocycles. The van der Waals surface area contributed by atoms with E-state index in [1.165, 1.54) is 12.1 Å². The van der Waals surface area contributed by atoms with E-state index in [0.29, 0.717) is 29.7 Å². The number of nitrogens with one attached hydrogen (secondary N) is 1. The maximum Gasteiger partial charge on any atom is 0.266 e. The fourth-order valence-electron chi connectivity index (χ4n) is 4.48. The van der Waals surface area contributed by atoms with Crippen LogP contribution in [0.15, 0.2) is 30.5 Å². The first kappa shape index (κ1) is 20.0. The van der Waals surface area contributed by atoms with Gasteiger partial charge in [-0.1, -0.05) is 18.2 Å². The second-order valence-corrected chi connectivity index (χ2v) is 8.14. The van der Waals surface area contributed by atoms with Gasteiger partial charge < -0.3 is 15.0 Å². The van der Waals surface area contributed by atoms with Gasteiger partial charge in [0.1, 0.15) is 5.82 Å². The zero-order valence-electron chi connectivity index (χ0n) is 17.1. The Morgan fingerprint density at radius 1 is 1.23 bits per heavy atom. The lowest BCUT2D eigenvalue weighted by molar-refractivity contribution is 0.0991. The lowest BCUT2D eigenvalue weighted by Crippen LogP contribution is -2.36. The predicted octanol–water partition coefficient (Wildman–Crippen LogP) is 4.56. The van der Waals surface area contributed by atoms with Gasteiger partial charge in [0.15, 0.2) is 5.82 Å². The van der Waals surface area contributed by atoms with Crippen molar-refractivity contribution >= 4 is 22.4 Å². The maximum atomic E-state index is 14.6. The van der Waals surface area contributed by atoms with Gasteiger partial charge in [-0.05, 0) is 26.3 Å². The second-order valence-electron chi connectivity index (χ2n) is 8.14. The van der Waals surface area contributed by atoms with E-state index in [2.05, 4.69) is 25.4 Å². The van der Waals surface area contributed by atoms with Crippen LogP contribution in [0.25, 0.3) is 10.9 Å². The van der Waals surface area contributed by atoms with Crippen LogP contribution in [0.3, 0.4) is 0 Å². The van der Waals surface area contributed by atoms with Crippen molar-refractivity contribution in [3.8, 4) is 0 Å². The van der Waals surface area contributed by atoms with E-state index in [9.17, 15) is 13.2 Å². The second kappa shape index (κ2) is 7.64. The van der Waals surface area contributed by atoms with E-state index in [0.717, 1.165) is 30.1 Å². The number of aromatic nitrogens is 3. The Morgan fingerprint density at radius 2 is 2.03 bits per heavy atom. The summed E-state index contributed by atoms with van der Waals surface area (Å²) in [5.41, 5.74) is 1.87. The standard InChI is InChI=1S/C22H22F3N5O/c1-11(16-4-3-5-17(19(16)23)21(24)25)27-22-18-7-13(8-26-20(18)12(2)28-29-22)30-9-15-6-14(30)10-31-15/h3-5,7-8,11,14-15,21H,6,9-10H2,1-2H3,(H,27,29)/t11-,14-,15-/m1/s1. The first-order chi connectivity index (χ1) is 14.9. The third-order valence-electron chi connectivity index (χ3n) is 6.12. The van der Waals surface area contributed by atoms with Crippen LogP contribution in [-0.4, -0.2) is 40.5 Å². The molecule has 0 saturated carbocycles. The number of nitrogens with zero attached hydrogens (tertiary/aromatic N) is 4. The zero-order valence-corrected chi connectivity index (χ0v) is 17.1. The third-order valence-corrected chi connectivity index (χ3v) is 6.12. The molecule has 31 heavy (non-hydrogen) atoms. The van der Waals surface area contributed by atoms with Crippen molar-refractivity contribution < 1.29 is 17.9 Å². The number of aryl methyl sites for hydroxylation is 1. The molecular weight excluding hydrogens is 407 g/mol. The molecule has 1 N–H and O–H groups in total. The molecule has 6 nitrogen and oxygen atoms in total. The molecule has 0 amide bonds. The summed E-state index contributed by atoms with van der Waals surface area (Å²) >= 11 is 0. The van der Waals surface area contributed by atoms with Crippen molar-refractivity contribution in [2.45, 2.75) is 44.9 Å². The average molecular weight is 429 g/mol. The zero-order chi connectivity index (χ0) is 21.7. The Bertz CT molecular complexity index is 1140. The molecule has 2 aromatic heterocycles. The largest absolute Gasteiger partial charge is 0.374 e. The minimum absolute atomic E-state index is 0.145. The van der Waals surface area contributed by atoms with E-state index in [4.69, 9.17) is 4.74 Å². The molecule has 3 aromatic rings. The molecule has 162 valence electrons. The molecule has 2 bridgehead atoms. The summed E-state index contributed by atoms with van der Waals surface area (Å²) in [5, 5.41) is 12.3. The van der Waals surface area contributed by atoms with Crippen molar-refractivity contribution in [3.05, 3.63) is 53.1 Å². The van der Waals surface area contributed by atoms with Gasteiger partial charge >= 0.3 is 0 Å². The van der Waals surface area contributed by atoms with Gasteiger partial charge in [0.2, 0.25) is 0 Å². The Labute approximate surface area is 177 Å². The van der Waals surface area contributed by atoms with E-state index in [1.807, 2.05) is 19.2 Å². The van der Waals surface area contributed by atoms with E-state index < -0.39 is 23.8 Å². The number of hydrogen-bond acceptors (Lipinski definition) is 6. The summed E-state index contributed by atoms with van der Waals surface area (Å²) in [4.78, 5) is 6.89. The van der Waals surface area contributed by atoms with Gasteiger partial charge in [0, 0.05) is 17.5 Å². The molecule has 9 heteroatoms. The number of alkyl halides is 2. The number of benzene rings is 1. The molecule has 2 fully saturated rings. The normalized spacial score (nSPS) is 21.3. The molecule has 2 aliphatic heterocycles. The Hall–Kier alpha value is -2.94. The summed E-state index contributed by atoms with van der Waals surface area (Å²) in [6.07, 6.45) is 0.212. The van der Waals surface area contributed by atoms with Crippen LogP contribution < -0.4 is 10.2 Å². The lowest BCUT2D eigenvalue weighted by atomic mass is 10.0. The first-order valence-corrected chi connectivity index (χ1v) is 10.3. The molecule has 0 aliphatic carbocycles. The van der Waals surface area contributed by atoms with Crippen LogP contribution in [0, 0.1) is 12.7 Å². The molecule has 4 heterocycles. The van der Waals surface area contributed by atoms with Crippen LogP contribution in [0.2, 0.25) is 0 Å². The smallest absolute Gasteiger partial charge is 0.266 e. The Balaban J connectivity index is 1.50. The molecular formula is C22H22F3N5O. The van der Waals surface area contributed by atoms with E-state index in [1.54, 1.807) is 6.92 Å². The van der Waals surface area contributed by atoms with Gasteiger partial charge in [-0.2, -0.15) is 5.10 Å². The average Bonchev–Trinajstić information content (AvgIpc) is 3.39. The van der Waals surface area contributed by atoms with Crippen molar-refractivity contribution in [3.63, 3.8) is 0 Å². The molecule has 2 aliphatic rings. The number of ether oxygens (including phenoxy) is 1. The lowest BCUT2D eigenvalue weighted by Gasteiger charge is -2.29. The van der Waals surface area contributed by atoms with Crippen molar-refractivity contribution in [2.75, 3.05) is 23.4 Å². The number of anilines is 2. The highest BCUT2D eigenvalue weighted by Crippen LogP contribution is 2.35. The quantitative estimate of drug-likeness (QED) is 0.642. The highest BCUT2D eigenvalue weighted by molar-refractivity contribution is 5.92. The molecule has 5 rings (SSSR count). The summed E-state index contributed by atoms with van der Waals surface area (Å²) in [5.74, 6) is -0.473. The van der Waals surface area contributed by atoms with Gasteiger partial charge in [-0.25, -0.2) is 13.2 Å². The Morgan fingerprint density at radius 3 is 2.74 bits per heavy atom. The first-order valence-electron chi connectivity index (χ1n) is 10.3. The predicted molar refractivity (Wildman–Crippen MR) is 111 cm³/mol. The summed E-state index contributed by atoms with van der Waals surface area (Å²) in [6, 6.07) is 5.77. The highest BCUT2D eigenvalue weighted by atomic mass is 19.3. The third kappa shape index (κ3) is 3.46. The summed E-state index contributed by atoms with van der Waals surface area (Å²) in [7, 11) is 0. The number of rotatable bonds is 5. The maximum absolute atomic E-state index is 14.6. The highest BCUT2D eigenvalue weighted by Gasteiger charge is 2.39. The van der Waals surface area contributed by atoms with Gasteiger partial charge in [-0.3, -0.25) is 4.98 Å². The molecule has 0 radical (unpaired) electrons. The van der Waals surface area contributed by atoms with Crippen LogP contribution >= 0.6 is 0 Å². The van der Waals surface area contributed by atoms with Crippen LogP contribution in [-0.2, 0) is 4.74 Å². The molecule has 3 atom stereocenters. The van der Waals surface area contributed by atoms with Gasteiger partial charge in [-0.15, -0.1) is 5.10 Å². The fourth-order valence-corrected chi connectivity index (χ4v) is 4.48. The number of morpholine rings is 1. The van der Waals surface area contributed by atoms with E-state index >= 15 is 0 Å². The Kier molecular flexibility index (Phi) is 4.92. The molecule has 0 spiro atoms. The topological polar surface area (TPSA) is 63.2 Å². The number of hydrogen-bond donors (Lipinski definition) is 1. The SMILES string of the molecule is Cc1nnc(N[C@H](C)c2cccc(C(F)F)c2F)c2cc(N3C[C@H]4C[C@@H]3CO4)cnc12. The van der Waals surface area contributed by atoms with Crippen LogP contribution in [0.1, 0.15) is 42.6 Å². The number of fused-ring (bicyclic) bond motifs is 3. The van der Waals surface area contributed by atoms with Gasteiger partial charge in [0.25, 0.3) is 6.43 Å². The summed E-state index contributed by atoms with van der Waals surface area (Å²) < 4.78 is 46.5. The van der Waals surface area contributed by atoms with Crippen molar-refractivity contribution in [2.24, 2.45) is 0 Å². The summed E-state index contributed by atoms with van der Waals surface area (Å²) in [6.45, 7) is 5.06. The van der Waals surface area contributed by atoms with E-state index in [-0.39, 0.29) is 11.7 Å². The van der Waals surface area contributed by atoms with Crippen molar-refractivity contribution in [1.29, 1.82) is 0 Å². The fraction of sp³-hybridized carbons (Fsp3) is 0.409. The van der Waals surface area contributed by atoms with Crippen molar-refractivity contribution in [1.82, 2.24) is 15.2 Å². The molecule has 1 aromatic carbocycles. The number of pyridine rings is 1. The van der Waals surface area contributed by atoms with Crippen LogP contribution in [0.5, 0.6) is 0 Å². The van der Waals surface area contributed by atoms with Crippen LogP contribution in [0.4, 0.5) is 24.7 Å². The molecule has 0 unspecified atom stereocenters. The monoisotopic (exact) mass is 429 g/mol. The van der Waals surface area contributed by atoms with Gasteiger partial charge in [0.05, 0.1) is 53.5 Å². The minimum Gasteiger partial charge on any atom is -0.374 e.